The van der Waals surface area contributed by atoms with Crippen LogP contribution in [0.5, 0.6) is 0 Å². The summed E-state index contributed by atoms with van der Waals surface area (Å²) in [6, 6.07) is 0. The van der Waals surface area contributed by atoms with Gasteiger partial charge in [-0.05, 0) is 74.7 Å². The van der Waals surface area contributed by atoms with Gasteiger partial charge in [0.05, 0.1) is 54.6 Å². The van der Waals surface area contributed by atoms with Crippen LogP contribution in [-0.2, 0) is 0 Å². The number of nitrogens with one attached hydrogen (secondary N) is 2. The maximum atomic E-state index is 4.32. The second kappa shape index (κ2) is 25.9. The van der Waals surface area contributed by atoms with Crippen molar-refractivity contribution in [2.24, 2.45) is 30.0 Å². The van der Waals surface area contributed by atoms with Crippen LogP contribution in [0, 0.1) is 0 Å². The van der Waals surface area contributed by atoms with Crippen LogP contribution in [0.25, 0.3) is 0 Å². The molecule has 0 fully saturated rings. The van der Waals surface area contributed by atoms with E-state index in [9.17, 15) is 0 Å². The van der Waals surface area contributed by atoms with E-state index in [1.807, 2.05) is 20.8 Å². The lowest BCUT2D eigenvalue weighted by Crippen LogP contribution is -2.33. The first-order valence-corrected chi connectivity index (χ1v) is 17.0. The van der Waals surface area contributed by atoms with Gasteiger partial charge in [-0.3, -0.25) is 30.0 Å². The Morgan fingerprint density at radius 1 is 0.478 bits per heavy atom. The van der Waals surface area contributed by atoms with E-state index >= 15 is 0 Å². The molecule has 0 aliphatic carbocycles. The van der Waals surface area contributed by atoms with Crippen LogP contribution < -0.4 is 10.6 Å². The zero-order valence-electron chi connectivity index (χ0n) is 30.5. The average molecular weight is 647 g/mol. The highest BCUT2D eigenvalue weighted by Crippen LogP contribution is 2.01. The van der Waals surface area contributed by atoms with Gasteiger partial charge in [-0.1, -0.05) is 7.43 Å². The van der Waals surface area contributed by atoms with Crippen LogP contribution in [0.15, 0.2) is 30.0 Å². The minimum absolute atomic E-state index is 0. The molecule has 6 rings (SSSR count). The van der Waals surface area contributed by atoms with Gasteiger partial charge in [-0.15, -0.1) is 0 Å². The largest absolute Gasteiger partial charge is 0.374 e. The van der Waals surface area contributed by atoms with E-state index < -0.39 is 0 Å². The highest BCUT2D eigenvalue weighted by Gasteiger charge is 2.08. The molecule has 0 amide bonds. The molecule has 12 heteroatoms. The molecular weight excluding hydrogens is 576 g/mol. The zero-order valence-corrected chi connectivity index (χ0v) is 30.5. The lowest BCUT2D eigenvalue weighted by molar-refractivity contribution is 0.411. The first kappa shape index (κ1) is 42.8. The lowest BCUT2D eigenvalue weighted by atomic mass is 10.3. The van der Waals surface area contributed by atoms with E-state index in [0.717, 1.165) is 90.2 Å². The van der Waals surface area contributed by atoms with Crippen LogP contribution in [0.1, 0.15) is 82.1 Å². The summed E-state index contributed by atoms with van der Waals surface area (Å²) < 4.78 is 0. The predicted molar refractivity (Wildman–Crippen MR) is 204 cm³/mol. The third-order valence-corrected chi connectivity index (χ3v) is 8.10. The Morgan fingerprint density at radius 3 is 1.15 bits per heavy atom. The second-order valence-corrected chi connectivity index (χ2v) is 11.6. The van der Waals surface area contributed by atoms with Gasteiger partial charge < -0.3 is 30.2 Å². The summed E-state index contributed by atoms with van der Waals surface area (Å²) in [6.07, 6.45) is 3.64. The molecule has 6 heterocycles. The van der Waals surface area contributed by atoms with Crippen molar-refractivity contribution in [2.75, 3.05) is 106 Å². The molecule has 2 N–H and O–H groups in total. The maximum absolute atomic E-state index is 4.32. The van der Waals surface area contributed by atoms with Crippen molar-refractivity contribution in [1.82, 2.24) is 30.2 Å². The Kier molecular flexibility index (Phi) is 24.2. The van der Waals surface area contributed by atoms with Gasteiger partial charge in [-0.25, -0.2) is 0 Å². The minimum Gasteiger partial charge on any atom is -0.374 e. The van der Waals surface area contributed by atoms with Crippen LogP contribution in [0.4, 0.5) is 0 Å². The Morgan fingerprint density at radius 2 is 0.913 bits per heavy atom. The monoisotopic (exact) mass is 647 g/mol. The number of nitrogens with zero attached hydrogens (tertiary/aromatic N) is 10. The van der Waals surface area contributed by atoms with Crippen molar-refractivity contribution in [1.29, 1.82) is 0 Å². The molecule has 6 aliphatic rings. The van der Waals surface area contributed by atoms with Gasteiger partial charge in [-0.2, -0.15) is 0 Å². The van der Waals surface area contributed by atoms with Crippen molar-refractivity contribution >= 4 is 35.0 Å². The Balaban J connectivity index is 0.000000528. The lowest BCUT2D eigenvalue weighted by Gasteiger charge is -2.25. The SMILES string of the molecule is C.CC1=NCCCN1.CC1=NCCCN1C.CC1=NCCN1.CC1=NCCN1C.CCN1CCCN=C1C.CCN1CCN=C1C. The molecule has 0 unspecified atom stereocenters. The number of likely N-dealkylation sites (N-methyl/N-ethyl adjacent to an activating group) is 2. The van der Waals surface area contributed by atoms with Gasteiger partial charge in [0.25, 0.3) is 0 Å². The Labute approximate surface area is 282 Å². The van der Waals surface area contributed by atoms with E-state index in [-0.39, 0.29) is 7.43 Å². The van der Waals surface area contributed by atoms with Crippen LogP contribution >= 0.6 is 0 Å². The van der Waals surface area contributed by atoms with Gasteiger partial charge in [0.2, 0.25) is 0 Å². The van der Waals surface area contributed by atoms with Crippen LogP contribution in [0.2, 0.25) is 0 Å². The summed E-state index contributed by atoms with van der Waals surface area (Å²) in [7, 11) is 4.14. The summed E-state index contributed by atoms with van der Waals surface area (Å²) in [6.45, 7) is 31.5. The molecule has 12 nitrogen and oxygen atoms in total. The van der Waals surface area contributed by atoms with Crippen molar-refractivity contribution in [3.05, 3.63) is 0 Å². The van der Waals surface area contributed by atoms with Gasteiger partial charge >= 0.3 is 0 Å². The topological polar surface area (TPSA) is 111 Å². The van der Waals surface area contributed by atoms with Crippen LogP contribution in [0.3, 0.4) is 0 Å². The quantitative estimate of drug-likeness (QED) is 0.469. The molecule has 0 radical (unpaired) electrons. The molecule has 0 aromatic heterocycles. The Bertz CT molecular complexity index is 998. The third kappa shape index (κ3) is 19.4. The van der Waals surface area contributed by atoms with Crippen molar-refractivity contribution in [3.8, 4) is 0 Å². The third-order valence-electron chi connectivity index (χ3n) is 8.10. The number of aliphatic imine (C=N–C) groups is 6. The van der Waals surface area contributed by atoms with Crippen molar-refractivity contribution < 1.29 is 0 Å². The molecule has 0 aromatic carbocycles. The zero-order chi connectivity index (χ0) is 33.5. The number of hydrogen-bond donors (Lipinski definition) is 2. The van der Waals surface area contributed by atoms with E-state index in [1.165, 1.54) is 55.7 Å². The fraction of sp³-hybridized carbons (Fsp3) is 0.824. The van der Waals surface area contributed by atoms with Gasteiger partial charge in [0.15, 0.2) is 0 Å². The summed E-state index contributed by atoms with van der Waals surface area (Å²) in [5.41, 5.74) is 0. The highest BCUT2D eigenvalue weighted by atomic mass is 15.2. The molecule has 0 saturated carbocycles. The van der Waals surface area contributed by atoms with E-state index in [0.29, 0.717) is 0 Å². The van der Waals surface area contributed by atoms with Gasteiger partial charge in [0.1, 0.15) is 0 Å². The molecule has 6 aliphatic heterocycles. The molecule has 0 bridgehead atoms. The van der Waals surface area contributed by atoms with E-state index in [4.69, 9.17) is 0 Å². The smallest absolute Gasteiger partial charge is 0.0958 e. The number of hydrogen-bond acceptors (Lipinski definition) is 12. The fourth-order valence-electron chi connectivity index (χ4n) is 4.78. The summed E-state index contributed by atoms with van der Waals surface area (Å²) in [5, 5.41) is 6.20. The number of rotatable bonds is 2. The van der Waals surface area contributed by atoms with Crippen LogP contribution in [-0.4, -0.2) is 160 Å². The van der Waals surface area contributed by atoms with Crippen molar-refractivity contribution in [2.45, 2.75) is 82.1 Å². The second-order valence-electron chi connectivity index (χ2n) is 11.6. The predicted octanol–water partition coefficient (Wildman–Crippen LogP) is 4.00. The standard InChI is InChI=1S/C7H14N2.2C6H12N2.2C5H10N2.C4H8N2.CH4/c1-3-9-6-4-5-8-7(9)2;1-6-7-4-3-5-8(6)2;1-3-8-5-4-7-6(8)2;1-5-6-3-4-7(5)2;1-5-6-3-2-4-7-5;1-4-5-2-3-6-4;/h3-6H2,1-2H3;2*3-5H2,1-2H3;3-4H2,1-2H3;2-4H2,1H3,(H,6,7);2-3H2,1H3,(H,5,6);1H4. The normalized spacial score (nSPS) is 19.6. The van der Waals surface area contributed by atoms with E-state index in [2.05, 4.69) is 109 Å². The molecule has 46 heavy (non-hydrogen) atoms. The molecule has 0 spiro atoms. The first-order valence-electron chi connectivity index (χ1n) is 17.0. The molecule has 266 valence electrons. The molecule has 0 aromatic rings. The van der Waals surface area contributed by atoms with Gasteiger partial charge in [0, 0.05) is 86.1 Å². The molecular formula is C34H70N12. The maximum Gasteiger partial charge on any atom is 0.0958 e. The highest BCUT2D eigenvalue weighted by molar-refractivity contribution is 5.82. The van der Waals surface area contributed by atoms with E-state index in [1.54, 1.807) is 0 Å². The molecule has 0 saturated heterocycles. The summed E-state index contributed by atoms with van der Waals surface area (Å²) in [4.78, 5) is 34.1. The summed E-state index contributed by atoms with van der Waals surface area (Å²) >= 11 is 0. The fourth-order valence-corrected chi connectivity index (χ4v) is 4.78. The minimum atomic E-state index is 0. The average Bonchev–Trinajstić information content (AvgIpc) is 3.80. The number of amidine groups is 6. The van der Waals surface area contributed by atoms with Crippen molar-refractivity contribution in [3.63, 3.8) is 0 Å². The molecule has 0 atom stereocenters. The Hall–Kier alpha value is -3.18. The first-order chi connectivity index (χ1) is 21.6. The summed E-state index contributed by atoms with van der Waals surface area (Å²) in [5.74, 6) is 6.92.